The minimum atomic E-state index is -0.220. The maximum Gasteiger partial charge on any atom is 0.255 e. The number of ether oxygens (including phenoxy) is 1. The van der Waals surface area contributed by atoms with Crippen LogP contribution in [0.4, 0.5) is 0 Å². The fourth-order valence-electron chi connectivity index (χ4n) is 3.82. The number of para-hydroxylation sites is 1. The van der Waals surface area contributed by atoms with E-state index in [0.717, 1.165) is 12.8 Å². The highest BCUT2D eigenvalue weighted by molar-refractivity contribution is 5.97. The van der Waals surface area contributed by atoms with Crippen molar-refractivity contribution in [3.63, 3.8) is 0 Å². The Hall–Kier alpha value is -3.53. The number of carbonyl (C=O) groups is 1. The first-order valence-corrected chi connectivity index (χ1v) is 9.53. The zero-order valence-corrected chi connectivity index (χ0v) is 16.5. The fraction of sp³-hybridized carbons (Fsp3) is 0.318. The van der Waals surface area contributed by atoms with Gasteiger partial charge in [0.05, 0.1) is 12.7 Å². The Balaban J connectivity index is 1.78. The van der Waals surface area contributed by atoms with E-state index in [9.17, 15) is 4.79 Å². The van der Waals surface area contributed by atoms with Gasteiger partial charge in [0.1, 0.15) is 5.75 Å². The van der Waals surface area contributed by atoms with Crippen LogP contribution in [0.2, 0.25) is 0 Å². The SMILES string of the molecule is COc1ccccc1C(=O)NCC1(c2ccccc2)CCN(C(N)=NC#N)CC1. The molecule has 3 N–H and O–H groups in total. The number of carbonyl (C=O) groups excluding carboxylic acids is 1. The lowest BCUT2D eigenvalue weighted by Gasteiger charge is -2.42. The van der Waals surface area contributed by atoms with Crippen LogP contribution in [0.15, 0.2) is 59.6 Å². The summed E-state index contributed by atoms with van der Waals surface area (Å²) in [5.74, 6) is 0.632. The minimum absolute atomic E-state index is 0.161. The van der Waals surface area contributed by atoms with Gasteiger partial charge in [0.15, 0.2) is 0 Å². The first-order valence-electron chi connectivity index (χ1n) is 9.53. The fourth-order valence-corrected chi connectivity index (χ4v) is 3.82. The van der Waals surface area contributed by atoms with Crippen LogP contribution in [0, 0.1) is 11.5 Å². The summed E-state index contributed by atoms with van der Waals surface area (Å²) in [5.41, 5.74) is 7.36. The summed E-state index contributed by atoms with van der Waals surface area (Å²) < 4.78 is 5.31. The van der Waals surface area contributed by atoms with E-state index in [1.165, 1.54) is 5.56 Å². The van der Waals surface area contributed by atoms with Crippen LogP contribution in [0.1, 0.15) is 28.8 Å². The summed E-state index contributed by atoms with van der Waals surface area (Å²) in [6.45, 7) is 1.82. The summed E-state index contributed by atoms with van der Waals surface area (Å²) in [7, 11) is 1.56. The third-order valence-electron chi connectivity index (χ3n) is 5.53. The number of aliphatic imine (C=N–C) groups is 1. The van der Waals surface area contributed by atoms with Gasteiger partial charge in [-0.1, -0.05) is 42.5 Å². The molecule has 0 saturated carbocycles. The van der Waals surface area contributed by atoms with Crippen molar-refractivity contribution in [2.45, 2.75) is 18.3 Å². The summed E-state index contributed by atoms with van der Waals surface area (Å²) in [6, 6.07) is 17.4. The van der Waals surface area contributed by atoms with Gasteiger partial charge in [-0.05, 0) is 30.5 Å². The second-order valence-corrected chi connectivity index (χ2v) is 7.09. The minimum Gasteiger partial charge on any atom is -0.496 e. The Labute approximate surface area is 170 Å². The molecule has 0 unspecified atom stereocenters. The zero-order valence-electron chi connectivity index (χ0n) is 16.5. The van der Waals surface area contributed by atoms with Crippen LogP contribution in [-0.4, -0.2) is 43.5 Å². The van der Waals surface area contributed by atoms with Crippen molar-refractivity contribution >= 4 is 11.9 Å². The molecule has 1 aliphatic rings. The van der Waals surface area contributed by atoms with E-state index in [-0.39, 0.29) is 17.3 Å². The van der Waals surface area contributed by atoms with Crippen molar-refractivity contribution in [1.29, 1.82) is 5.26 Å². The Morgan fingerprint density at radius 1 is 1.21 bits per heavy atom. The number of likely N-dealkylation sites (tertiary alicyclic amines) is 1. The molecule has 2 aromatic rings. The number of nitrogens with one attached hydrogen (secondary N) is 1. The summed E-state index contributed by atoms with van der Waals surface area (Å²) in [6.07, 6.45) is 3.30. The summed E-state index contributed by atoms with van der Waals surface area (Å²) in [4.78, 5) is 18.4. The third kappa shape index (κ3) is 4.49. The first-order chi connectivity index (χ1) is 14.1. The molecule has 1 amide bonds. The van der Waals surface area contributed by atoms with Crippen LogP contribution in [0.3, 0.4) is 0 Å². The Morgan fingerprint density at radius 2 is 1.86 bits per heavy atom. The highest BCUT2D eigenvalue weighted by atomic mass is 16.5. The van der Waals surface area contributed by atoms with Crippen molar-refractivity contribution in [3.8, 4) is 11.9 Å². The summed E-state index contributed by atoms with van der Waals surface area (Å²) >= 11 is 0. The number of benzene rings is 2. The van der Waals surface area contributed by atoms with E-state index in [4.69, 9.17) is 15.7 Å². The number of nitrogens with two attached hydrogens (primary N) is 1. The molecule has 7 heteroatoms. The van der Waals surface area contributed by atoms with Gasteiger partial charge in [-0.25, -0.2) is 0 Å². The smallest absolute Gasteiger partial charge is 0.255 e. The van der Waals surface area contributed by atoms with Gasteiger partial charge in [0.25, 0.3) is 5.91 Å². The molecule has 29 heavy (non-hydrogen) atoms. The largest absolute Gasteiger partial charge is 0.496 e. The first kappa shape index (κ1) is 20.2. The van der Waals surface area contributed by atoms with Gasteiger partial charge in [0, 0.05) is 25.0 Å². The Morgan fingerprint density at radius 3 is 2.52 bits per heavy atom. The number of rotatable bonds is 5. The Kier molecular flexibility index (Phi) is 6.35. The number of methoxy groups -OCH3 is 1. The highest BCUT2D eigenvalue weighted by Crippen LogP contribution is 2.35. The van der Waals surface area contributed by atoms with Gasteiger partial charge >= 0.3 is 0 Å². The second-order valence-electron chi connectivity index (χ2n) is 7.09. The van der Waals surface area contributed by atoms with Crippen LogP contribution in [0.25, 0.3) is 0 Å². The third-order valence-corrected chi connectivity index (χ3v) is 5.53. The predicted molar refractivity (Wildman–Crippen MR) is 111 cm³/mol. The quantitative estimate of drug-likeness (QED) is 0.462. The lowest BCUT2D eigenvalue weighted by atomic mass is 9.72. The molecule has 1 aliphatic heterocycles. The molecule has 0 bridgehead atoms. The number of nitriles is 1. The maximum absolute atomic E-state index is 12.8. The van der Waals surface area contributed by atoms with E-state index >= 15 is 0 Å². The van der Waals surface area contributed by atoms with Gasteiger partial charge in [0.2, 0.25) is 12.2 Å². The predicted octanol–water partition coefficient (Wildman–Crippen LogP) is 2.25. The standard InChI is InChI=1S/C22H25N5O2/c1-29-19-10-6-5-9-18(19)20(28)25-15-22(17-7-3-2-4-8-17)11-13-27(14-12-22)21(24)26-16-23/h2-10H,11-15H2,1H3,(H2,24,26)(H,25,28). The van der Waals surface area contributed by atoms with Crippen molar-refractivity contribution < 1.29 is 9.53 Å². The number of hydrogen-bond donors (Lipinski definition) is 2. The van der Waals surface area contributed by atoms with Crippen LogP contribution in [-0.2, 0) is 5.41 Å². The van der Waals surface area contributed by atoms with Crippen LogP contribution in [0.5, 0.6) is 5.75 Å². The molecule has 1 saturated heterocycles. The second kappa shape index (κ2) is 9.11. The van der Waals surface area contributed by atoms with E-state index < -0.39 is 0 Å². The number of guanidine groups is 1. The average molecular weight is 391 g/mol. The lowest BCUT2D eigenvalue weighted by Crippen LogP contribution is -2.51. The topological polar surface area (TPSA) is 104 Å². The van der Waals surface area contributed by atoms with E-state index in [1.54, 1.807) is 25.4 Å². The van der Waals surface area contributed by atoms with Crippen molar-refractivity contribution in [2.75, 3.05) is 26.7 Å². The number of hydrogen-bond acceptors (Lipinski definition) is 4. The van der Waals surface area contributed by atoms with Crippen molar-refractivity contribution in [2.24, 2.45) is 10.7 Å². The van der Waals surface area contributed by atoms with E-state index in [1.807, 2.05) is 35.2 Å². The molecule has 150 valence electrons. The van der Waals surface area contributed by atoms with E-state index in [2.05, 4.69) is 22.4 Å². The number of piperidine rings is 1. The molecular weight excluding hydrogens is 366 g/mol. The zero-order chi connectivity index (χ0) is 20.7. The molecule has 0 aromatic heterocycles. The summed E-state index contributed by atoms with van der Waals surface area (Å²) in [5, 5.41) is 11.8. The Bertz CT molecular complexity index is 912. The number of nitrogens with zero attached hydrogens (tertiary/aromatic N) is 3. The van der Waals surface area contributed by atoms with Gasteiger partial charge in [-0.3, -0.25) is 4.79 Å². The van der Waals surface area contributed by atoms with Crippen molar-refractivity contribution in [1.82, 2.24) is 10.2 Å². The molecular formula is C22H25N5O2. The normalized spacial score (nSPS) is 16.0. The molecule has 2 aromatic carbocycles. The molecule has 0 aliphatic carbocycles. The van der Waals surface area contributed by atoms with Gasteiger partial charge in [-0.2, -0.15) is 5.26 Å². The van der Waals surface area contributed by atoms with Gasteiger partial charge < -0.3 is 20.7 Å². The average Bonchev–Trinajstić information content (AvgIpc) is 2.78. The van der Waals surface area contributed by atoms with Gasteiger partial charge in [-0.15, -0.1) is 4.99 Å². The molecule has 3 rings (SSSR count). The highest BCUT2D eigenvalue weighted by Gasteiger charge is 2.37. The molecule has 7 nitrogen and oxygen atoms in total. The van der Waals surface area contributed by atoms with Crippen molar-refractivity contribution in [3.05, 3.63) is 65.7 Å². The molecule has 0 atom stereocenters. The molecule has 0 radical (unpaired) electrons. The maximum atomic E-state index is 12.8. The lowest BCUT2D eigenvalue weighted by molar-refractivity contribution is 0.0929. The molecule has 1 heterocycles. The monoisotopic (exact) mass is 391 g/mol. The van der Waals surface area contributed by atoms with Crippen LogP contribution >= 0.6 is 0 Å². The van der Waals surface area contributed by atoms with E-state index in [0.29, 0.717) is 30.9 Å². The van der Waals surface area contributed by atoms with Crippen LogP contribution < -0.4 is 15.8 Å². The number of amides is 1. The molecule has 0 spiro atoms. The molecule has 1 fully saturated rings.